The van der Waals surface area contributed by atoms with Gasteiger partial charge in [-0.2, -0.15) is 0 Å². The summed E-state index contributed by atoms with van der Waals surface area (Å²) in [5.74, 6) is -0.750. The summed E-state index contributed by atoms with van der Waals surface area (Å²) in [6.07, 6.45) is 3.41. The SMILES string of the molecule is CCC(C)c1ccccc1NC(=O)c1ccncc1F. The van der Waals surface area contributed by atoms with Crippen molar-refractivity contribution in [2.24, 2.45) is 0 Å². The van der Waals surface area contributed by atoms with Crippen LogP contribution in [-0.2, 0) is 0 Å². The van der Waals surface area contributed by atoms with Gasteiger partial charge in [0.15, 0.2) is 5.82 Å². The van der Waals surface area contributed by atoms with Crippen molar-refractivity contribution in [3.63, 3.8) is 0 Å². The zero-order valence-corrected chi connectivity index (χ0v) is 11.6. The van der Waals surface area contributed by atoms with Gasteiger partial charge in [-0.15, -0.1) is 0 Å². The van der Waals surface area contributed by atoms with Crippen molar-refractivity contribution in [3.8, 4) is 0 Å². The van der Waals surface area contributed by atoms with Gasteiger partial charge in [-0.05, 0) is 30.0 Å². The Morgan fingerprint density at radius 3 is 2.80 bits per heavy atom. The Morgan fingerprint density at radius 2 is 2.10 bits per heavy atom. The third-order valence-electron chi connectivity index (χ3n) is 3.37. The topological polar surface area (TPSA) is 42.0 Å². The molecule has 0 radical (unpaired) electrons. The fourth-order valence-corrected chi connectivity index (χ4v) is 2.01. The van der Waals surface area contributed by atoms with Gasteiger partial charge in [0.05, 0.1) is 11.8 Å². The predicted molar refractivity (Wildman–Crippen MR) is 77.3 cm³/mol. The first-order valence-corrected chi connectivity index (χ1v) is 6.63. The molecular formula is C16H17FN2O. The standard InChI is InChI=1S/C16H17FN2O/c1-3-11(2)12-6-4-5-7-15(12)19-16(20)13-8-9-18-10-14(13)17/h4-11H,3H2,1-2H3,(H,19,20). The number of nitrogens with one attached hydrogen (secondary N) is 1. The Hall–Kier alpha value is -2.23. The first-order chi connectivity index (χ1) is 9.63. The number of amides is 1. The summed E-state index contributed by atoms with van der Waals surface area (Å²) in [5.41, 5.74) is 1.78. The zero-order valence-electron chi connectivity index (χ0n) is 11.6. The summed E-state index contributed by atoms with van der Waals surface area (Å²) >= 11 is 0. The number of aromatic nitrogens is 1. The van der Waals surface area contributed by atoms with Crippen LogP contribution < -0.4 is 5.32 Å². The molecule has 0 bridgehead atoms. The molecule has 1 unspecified atom stereocenters. The van der Waals surface area contributed by atoms with E-state index in [1.165, 1.54) is 12.3 Å². The number of anilines is 1. The molecule has 0 saturated carbocycles. The number of rotatable bonds is 4. The lowest BCUT2D eigenvalue weighted by Gasteiger charge is -2.15. The summed E-state index contributed by atoms with van der Waals surface area (Å²) < 4.78 is 13.5. The summed E-state index contributed by atoms with van der Waals surface area (Å²) in [5, 5.41) is 2.78. The van der Waals surface area contributed by atoms with Crippen LogP contribution in [-0.4, -0.2) is 10.9 Å². The summed E-state index contributed by atoms with van der Waals surface area (Å²) in [6, 6.07) is 8.97. The average molecular weight is 272 g/mol. The molecule has 1 aromatic carbocycles. The first-order valence-electron chi connectivity index (χ1n) is 6.63. The van der Waals surface area contributed by atoms with E-state index in [0.717, 1.165) is 23.9 Å². The molecule has 1 N–H and O–H groups in total. The summed E-state index contributed by atoms with van der Waals surface area (Å²) in [7, 11) is 0. The van der Waals surface area contributed by atoms with Crippen LogP contribution in [0.2, 0.25) is 0 Å². The molecule has 0 aliphatic carbocycles. The zero-order chi connectivity index (χ0) is 14.5. The molecule has 0 spiro atoms. The minimum absolute atomic E-state index is 0.000968. The number of hydrogen-bond acceptors (Lipinski definition) is 2. The van der Waals surface area contributed by atoms with Gasteiger partial charge < -0.3 is 5.32 Å². The minimum Gasteiger partial charge on any atom is -0.322 e. The van der Waals surface area contributed by atoms with E-state index in [0.29, 0.717) is 5.92 Å². The lowest BCUT2D eigenvalue weighted by Crippen LogP contribution is -2.15. The van der Waals surface area contributed by atoms with Gasteiger partial charge in [0.25, 0.3) is 5.91 Å². The predicted octanol–water partition coefficient (Wildman–Crippen LogP) is 3.99. The molecule has 2 aromatic rings. The Kier molecular flexibility index (Phi) is 4.45. The van der Waals surface area contributed by atoms with E-state index < -0.39 is 11.7 Å². The number of nitrogens with zero attached hydrogens (tertiary/aromatic N) is 1. The third kappa shape index (κ3) is 3.02. The highest BCUT2D eigenvalue weighted by Gasteiger charge is 2.14. The fourth-order valence-electron chi connectivity index (χ4n) is 2.01. The van der Waals surface area contributed by atoms with Gasteiger partial charge in [-0.25, -0.2) is 4.39 Å². The summed E-state index contributed by atoms with van der Waals surface area (Å²) in [4.78, 5) is 15.8. The Labute approximate surface area is 117 Å². The second-order valence-corrected chi connectivity index (χ2v) is 4.71. The molecule has 0 aliphatic heterocycles. The van der Waals surface area contributed by atoms with Crippen molar-refractivity contribution in [1.82, 2.24) is 4.98 Å². The maximum Gasteiger partial charge on any atom is 0.258 e. The van der Waals surface area contributed by atoms with E-state index in [2.05, 4.69) is 24.1 Å². The van der Waals surface area contributed by atoms with Gasteiger partial charge in [0.2, 0.25) is 0 Å². The van der Waals surface area contributed by atoms with E-state index in [4.69, 9.17) is 0 Å². The van der Waals surface area contributed by atoms with Gasteiger partial charge in [0, 0.05) is 11.9 Å². The molecule has 0 saturated heterocycles. The lowest BCUT2D eigenvalue weighted by molar-refractivity contribution is 0.102. The lowest BCUT2D eigenvalue weighted by atomic mass is 9.97. The van der Waals surface area contributed by atoms with Crippen LogP contribution in [0.1, 0.15) is 42.1 Å². The van der Waals surface area contributed by atoms with Crippen LogP contribution in [0.15, 0.2) is 42.7 Å². The smallest absolute Gasteiger partial charge is 0.258 e. The molecule has 1 aromatic heterocycles. The van der Waals surface area contributed by atoms with Gasteiger partial charge in [-0.1, -0.05) is 32.0 Å². The third-order valence-corrected chi connectivity index (χ3v) is 3.37. The van der Waals surface area contributed by atoms with Crippen molar-refractivity contribution in [3.05, 3.63) is 59.7 Å². The fraction of sp³-hybridized carbons (Fsp3) is 0.250. The Morgan fingerprint density at radius 1 is 1.35 bits per heavy atom. The van der Waals surface area contributed by atoms with Gasteiger partial charge in [-0.3, -0.25) is 9.78 Å². The van der Waals surface area contributed by atoms with Crippen LogP contribution in [0, 0.1) is 5.82 Å². The monoisotopic (exact) mass is 272 g/mol. The van der Waals surface area contributed by atoms with E-state index in [1.807, 2.05) is 24.3 Å². The first kappa shape index (κ1) is 14.2. The highest BCUT2D eigenvalue weighted by atomic mass is 19.1. The summed E-state index contributed by atoms with van der Waals surface area (Å²) in [6.45, 7) is 4.18. The molecule has 1 atom stereocenters. The molecule has 1 amide bonds. The molecule has 0 fully saturated rings. The normalized spacial score (nSPS) is 11.9. The van der Waals surface area contributed by atoms with Gasteiger partial charge >= 0.3 is 0 Å². The Bertz CT molecular complexity index is 613. The minimum atomic E-state index is -0.619. The molecule has 3 nitrogen and oxygen atoms in total. The average Bonchev–Trinajstić information content (AvgIpc) is 2.47. The number of halogens is 1. The van der Waals surface area contributed by atoms with Crippen LogP contribution in [0.25, 0.3) is 0 Å². The van der Waals surface area contributed by atoms with Crippen molar-refractivity contribution in [2.75, 3.05) is 5.32 Å². The molecule has 2 rings (SSSR count). The highest BCUT2D eigenvalue weighted by molar-refractivity contribution is 6.04. The molecule has 4 heteroatoms. The molecule has 0 aliphatic rings. The molecular weight excluding hydrogens is 255 g/mol. The van der Waals surface area contributed by atoms with Crippen LogP contribution in [0.4, 0.5) is 10.1 Å². The largest absolute Gasteiger partial charge is 0.322 e. The van der Waals surface area contributed by atoms with E-state index in [-0.39, 0.29) is 5.56 Å². The number of pyridine rings is 1. The highest BCUT2D eigenvalue weighted by Crippen LogP contribution is 2.26. The second kappa shape index (κ2) is 6.28. The molecule has 20 heavy (non-hydrogen) atoms. The van der Waals surface area contributed by atoms with Crippen molar-refractivity contribution in [1.29, 1.82) is 0 Å². The maximum absolute atomic E-state index is 13.5. The van der Waals surface area contributed by atoms with E-state index >= 15 is 0 Å². The number of carbonyl (C=O) groups excluding carboxylic acids is 1. The maximum atomic E-state index is 13.5. The Balaban J connectivity index is 2.27. The number of hydrogen-bond donors (Lipinski definition) is 1. The van der Waals surface area contributed by atoms with E-state index in [1.54, 1.807) is 0 Å². The van der Waals surface area contributed by atoms with E-state index in [9.17, 15) is 9.18 Å². The molecule has 104 valence electrons. The molecule has 1 heterocycles. The number of benzene rings is 1. The number of para-hydroxylation sites is 1. The van der Waals surface area contributed by atoms with Crippen LogP contribution in [0.5, 0.6) is 0 Å². The van der Waals surface area contributed by atoms with Crippen molar-refractivity contribution >= 4 is 11.6 Å². The van der Waals surface area contributed by atoms with Gasteiger partial charge in [0.1, 0.15) is 0 Å². The second-order valence-electron chi connectivity index (χ2n) is 4.71. The van der Waals surface area contributed by atoms with Crippen LogP contribution in [0.3, 0.4) is 0 Å². The number of carbonyl (C=O) groups is 1. The van der Waals surface area contributed by atoms with Crippen molar-refractivity contribution in [2.45, 2.75) is 26.2 Å². The van der Waals surface area contributed by atoms with Crippen LogP contribution >= 0.6 is 0 Å². The quantitative estimate of drug-likeness (QED) is 0.914. The van der Waals surface area contributed by atoms with Crippen molar-refractivity contribution < 1.29 is 9.18 Å².